The second-order valence-corrected chi connectivity index (χ2v) is 4.59. The van der Waals surface area contributed by atoms with Gasteiger partial charge in [-0.25, -0.2) is 0 Å². The fraction of sp³-hybridized carbons (Fsp3) is 0.467. The Balaban J connectivity index is 1.75. The van der Waals surface area contributed by atoms with Crippen molar-refractivity contribution < 1.29 is 4.74 Å². The average molecular weight is 244 g/mol. The Morgan fingerprint density at radius 1 is 1.33 bits per heavy atom. The molecule has 1 aliphatic rings. The molecular weight excluding hydrogens is 224 g/mol. The van der Waals surface area contributed by atoms with Gasteiger partial charge in [-0.05, 0) is 44.2 Å². The molecular formula is C15H20N2O. The molecule has 2 N–H and O–H groups in total. The maximum absolute atomic E-state index is 5.70. The standard InChI is InChI=1S/C15H20N2O/c1-17(14-6-7-14)11-12-18-15-8-4-13(5-9-15)3-2-10-16/h4-5,8-9,14H,6-7,10-12,16H2,1H3. The second-order valence-electron chi connectivity index (χ2n) is 4.59. The van der Waals surface area contributed by atoms with Gasteiger partial charge in [-0.1, -0.05) is 11.8 Å². The van der Waals surface area contributed by atoms with Crippen LogP contribution < -0.4 is 10.5 Å². The molecule has 1 aromatic carbocycles. The van der Waals surface area contributed by atoms with Crippen LogP contribution in [0.3, 0.4) is 0 Å². The highest BCUT2D eigenvalue weighted by Gasteiger charge is 2.25. The lowest BCUT2D eigenvalue weighted by molar-refractivity contribution is 0.232. The van der Waals surface area contributed by atoms with E-state index in [4.69, 9.17) is 10.5 Å². The van der Waals surface area contributed by atoms with Crippen LogP contribution in [0.5, 0.6) is 5.75 Å². The largest absolute Gasteiger partial charge is 0.492 e. The zero-order valence-electron chi connectivity index (χ0n) is 10.9. The van der Waals surface area contributed by atoms with E-state index in [-0.39, 0.29) is 0 Å². The van der Waals surface area contributed by atoms with Gasteiger partial charge >= 0.3 is 0 Å². The molecule has 3 nitrogen and oxygen atoms in total. The third kappa shape index (κ3) is 4.06. The summed E-state index contributed by atoms with van der Waals surface area (Å²) in [5.41, 5.74) is 6.30. The van der Waals surface area contributed by atoms with Gasteiger partial charge in [-0.3, -0.25) is 0 Å². The molecule has 0 aliphatic heterocycles. The number of hydrogen-bond donors (Lipinski definition) is 1. The van der Waals surface area contributed by atoms with Crippen molar-refractivity contribution in [2.45, 2.75) is 18.9 Å². The number of nitrogens with zero attached hydrogens (tertiary/aromatic N) is 1. The van der Waals surface area contributed by atoms with E-state index in [0.29, 0.717) is 6.54 Å². The highest BCUT2D eigenvalue weighted by atomic mass is 16.5. The van der Waals surface area contributed by atoms with Gasteiger partial charge in [0.25, 0.3) is 0 Å². The SMILES string of the molecule is CN(CCOc1ccc(C#CCN)cc1)C1CC1. The number of nitrogens with two attached hydrogens (primary N) is 1. The molecule has 1 aromatic rings. The number of ether oxygens (including phenoxy) is 1. The monoisotopic (exact) mass is 244 g/mol. The molecule has 0 heterocycles. The molecule has 0 spiro atoms. The van der Waals surface area contributed by atoms with Crippen LogP contribution in [-0.4, -0.2) is 37.7 Å². The second kappa shape index (κ2) is 6.44. The highest BCUT2D eigenvalue weighted by molar-refractivity contribution is 5.38. The van der Waals surface area contributed by atoms with Gasteiger partial charge in [0, 0.05) is 18.2 Å². The lowest BCUT2D eigenvalue weighted by Crippen LogP contribution is -2.26. The van der Waals surface area contributed by atoms with Gasteiger partial charge < -0.3 is 15.4 Å². The van der Waals surface area contributed by atoms with E-state index in [1.165, 1.54) is 12.8 Å². The summed E-state index contributed by atoms with van der Waals surface area (Å²) in [6.07, 6.45) is 2.68. The molecule has 0 amide bonds. The minimum atomic E-state index is 0.395. The molecule has 18 heavy (non-hydrogen) atoms. The summed E-state index contributed by atoms with van der Waals surface area (Å²) in [6.45, 7) is 2.12. The van der Waals surface area contributed by atoms with Gasteiger partial charge in [0.1, 0.15) is 12.4 Å². The number of hydrogen-bond acceptors (Lipinski definition) is 3. The maximum Gasteiger partial charge on any atom is 0.119 e. The topological polar surface area (TPSA) is 38.5 Å². The predicted octanol–water partition coefficient (Wildman–Crippen LogP) is 1.47. The summed E-state index contributed by atoms with van der Waals surface area (Å²) in [5.74, 6) is 6.72. The van der Waals surface area contributed by atoms with Crippen LogP contribution in [0.25, 0.3) is 0 Å². The van der Waals surface area contributed by atoms with Crippen molar-refractivity contribution in [3.63, 3.8) is 0 Å². The zero-order chi connectivity index (χ0) is 12.8. The van der Waals surface area contributed by atoms with Gasteiger partial charge in [-0.2, -0.15) is 0 Å². The van der Waals surface area contributed by atoms with Gasteiger partial charge in [0.05, 0.1) is 6.54 Å². The third-order valence-corrected chi connectivity index (χ3v) is 3.07. The predicted molar refractivity (Wildman–Crippen MR) is 73.5 cm³/mol. The molecule has 1 fully saturated rings. The van der Waals surface area contributed by atoms with E-state index in [1.54, 1.807) is 0 Å². The summed E-state index contributed by atoms with van der Waals surface area (Å²) < 4.78 is 5.70. The first-order valence-electron chi connectivity index (χ1n) is 6.41. The smallest absolute Gasteiger partial charge is 0.119 e. The molecule has 96 valence electrons. The molecule has 0 radical (unpaired) electrons. The Morgan fingerprint density at radius 3 is 2.67 bits per heavy atom. The summed E-state index contributed by atoms with van der Waals surface area (Å²) in [4.78, 5) is 2.36. The Kier molecular flexibility index (Phi) is 4.63. The molecule has 0 bridgehead atoms. The van der Waals surface area contributed by atoms with Crippen LogP contribution in [0.2, 0.25) is 0 Å². The molecule has 1 aliphatic carbocycles. The van der Waals surface area contributed by atoms with Crippen molar-refractivity contribution in [1.82, 2.24) is 4.90 Å². The first-order valence-corrected chi connectivity index (χ1v) is 6.41. The van der Waals surface area contributed by atoms with Crippen LogP contribution >= 0.6 is 0 Å². The van der Waals surface area contributed by atoms with Crippen LogP contribution in [0.4, 0.5) is 0 Å². The van der Waals surface area contributed by atoms with Crippen molar-refractivity contribution in [2.24, 2.45) is 5.73 Å². The van der Waals surface area contributed by atoms with Crippen LogP contribution in [0.1, 0.15) is 18.4 Å². The molecule has 0 unspecified atom stereocenters. The Morgan fingerprint density at radius 2 is 2.06 bits per heavy atom. The van der Waals surface area contributed by atoms with E-state index in [0.717, 1.165) is 30.5 Å². The average Bonchev–Trinajstić information content (AvgIpc) is 3.22. The molecule has 0 atom stereocenters. The fourth-order valence-electron chi connectivity index (χ4n) is 1.79. The summed E-state index contributed by atoms with van der Waals surface area (Å²) in [5, 5.41) is 0. The first kappa shape index (κ1) is 12.9. The van der Waals surface area contributed by atoms with Crippen molar-refractivity contribution >= 4 is 0 Å². The third-order valence-electron chi connectivity index (χ3n) is 3.07. The first-order chi connectivity index (χ1) is 8.79. The maximum atomic E-state index is 5.70. The molecule has 0 aromatic heterocycles. The zero-order valence-corrected chi connectivity index (χ0v) is 10.9. The number of likely N-dealkylation sites (N-methyl/N-ethyl adjacent to an activating group) is 1. The fourth-order valence-corrected chi connectivity index (χ4v) is 1.79. The Labute approximate surface area is 109 Å². The number of benzene rings is 1. The minimum absolute atomic E-state index is 0.395. The molecule has 0 saturated heterocycles. The van der Waals surface area contributed by atoms with E-state index in [1.807, 2.05) is 24.3 Å². The number of rotatable bonds is 5. The van der Waals surface area contributed by atoms with Crippen molar-refractivity contribution in [2.75, 3.05) is 26.7 Å². The van der Waals surface area contributed by atoms with Crippen LogP contribution in [0.15, 0.2) is 24.3 Å². The van der Waals surface area contributed by atoms with Crippen molar-refractivity contribution in [3.8, 4) is 17.6 Å². The van der Waals surface area contributed by atoms with E-state index in [9.17, 15) is 0 Å². The molecule has 2 rings (SSSR count). The van der Waals surface area contributed by atoms with Gasteiger partial charge in [-0.15, -0.1) is 0 Å². The summed E-state index contributed by atoms with van der Waals surface area (Å²) in [6, 6.07) is 8.63. The van der Waals surface area contributed by atoms with Crippen LogP contribution in [0, 0.1) is 11.8 Å². The Bertz CT molecular complexity index is 426. The highest BCUT2D eigenvalue weighted by Crippen LogP contribution is 2.24. The van der Waals surface area contributed by atoms with Crippen molar-refractivity contribution in [3.05, 3.63) is 29.8 Å². The molecule has 1 saturated carbocycles. The van der Waals surface area contributed by atoms with Crippen LogP contribution in [-0.2, 0) is 0 Å². The summed E-state index contributed by atoms with van der Waals surface area (Å²) in [7, 11) is 2.16. The van der Waals surface area contributed by atoms with Gasteiger partial charge in [0.15, 0.2) is 0 Å². The van der Waals surface area contributed by atoms with Gasteiger partial charge in [0.2, 0.25) is 0 Å². The van der Waals surface area contributed by atoms with E-state index in [2.05, 4.69) is 23.8 Å². The lowest BCUT2D eigenvalue weighted by Gasteiger charge is -2.15. The Hall–Kier alpha value is -1.50. The quantitative estimate of drug-likeness (QED) is 0.797. The minimum Gasteiger partial charge on any atom is -0.492 e. The van der Waals surface area contributed by atoms with Crippen molar-refractivity contribution in [1.29, 1.82) is 0 Å². The van der Waals surface area contributed by atoms with E-state index >= 15 is 0 Å². The molecule has 3 heteroatoms. The summed E-state index contributed by atoms with van der Waals surface area (Å²) >= 11 is 0. The lowest BCUT2D eigenvalue weighted by atomic mass is 10.2. The normalized spacial score (nSPS) is 14.2. The van der Waals surface area contributed by atoms with E-state index < -0.39 is 0 Å².